The maximum Gasteiger partial charge on any atom is 0.192 e. The number of pyridine rings is 1. The van der Waals surface area contributed by atoms with Gasteiger partial charge in [0.15, 0.2) is 11.8 Å². The van der Waals surface area contributed by atoms with Crippen LogP contribution in [-0.2, 0) is 20.1 Å². The number of guanidine groups is 1. The van der Waals surface area contributed by atoms with Crippen molar-refractivity contribution >= 4 is 35.8 Å². The number of hydrogen-bond donors (Lipinski definition) is 2. The molecule has 33 heavy (non-hydrogen) atoms. The molecule has 3 heterocycles. The molecule has 1 aliphatic heterocycles. The molecule has 0 spiro atoms. The second-order valence-corrected chi connectivity index (χ2v) is 8.33. The average Bonchev–Trinajstić information content (AvgIpc) is 3.15. The number of hydrogen-bond acceptors (Lipinski definition) is 5. The lowest BCUT2D eigenvalue weighted by Crippen LogP contribution is -2.49. The first kappa shape index (κ1) is 24.9. The van der Waals surface area contributed by atoms with E-state index in [1.807, 2.05) is 42.9 Å². The molecule has 0 radical (unpaired) electrons. The molecule has 2 aromatic heterocycles. The van der Waals surface area contributed by atoms with Crippen LogP contribution in [0.4, 0.5) is 5.82 Å². The van der Waals surface area contributed by atoms with Crippen LogP contribution in [0.5, 0.6) is 0 Å². The van der Waals surface area contributed by atoms with Crippen molar-refractivity contribution in [3.8, 4) is 0 Å². The molecule has 0 atom stereocenters. The van der Waals surface area contributed by atoms with E-state index >= 15 is 0 Å². The van der Waals surface area contributed by atoms with Gasteiger partial charge in [-0.2, -0.15) is 0 Å². The maximum absolute atomic E-state index is 4.84. The first-order valence-electron chi connectivity index (χ1n) is 11.2. The van der Waals surface area contributed by atoms with Crippen molar-refractivity contribution < 1.29 is 0 Å². The molecule has 1 fully saturated rings. The number of rotatable bonds is 6. The molecule has 0 bridgehead atoms. The van der Waals surface area contributed by atoms with Gasteiger partial charge in [-0.25, -0.2) is 9.98 Å². The van der Waals surface area contributed by atoms with Gasteiger partial charge in [-0.3, -0.25) is 0 Å². The van der Waals surface area contributed by atoms with Gasteiger partial charge in [0.2, 0.25) is 0 Å². The van der Waals surface area contributed by atoms with Gasteiger partial charge in [0, 0.05) is 32.4 Å². The molecule has 1 aliphatic rings. The van der Waals surface area contributed by atoms with Crippen LogP contribution < -0.4 is 15.5 Å². The molecule has 2 N–H and O–H groups in total. The molecule has 176 valence electrons. The van der Waals surface area contributed by atoms with Gasteiger partial charge in [0.1, 0.15) is 11.6 Å². The summed E-state index contributed by atoms with van der Waals surface area (Å²) in [6.45, 7) is 7.17. The van der Waals surface area contributed by atoms with Gasteiger partial charge in [-0.15, -0.1) is 34.2 Å². The number of piperidine rings is 1. The first-order chi connectivity index (χ1) is 15.6. The number of nitrogens with one attached hydrogen (secondary N) is 2. The third-order valence-corrected chi connectivity index (χ3v) is 5.91. The van der Waals surface area contributed by atoms with E-state index in [1.54, 1.807) is 0 Å². The highest BCUT2D eigenvalue weighted by Crippen LogP contribution is 2.18. The number of aliphatic imine (C=N–C) groups is 1. The summed E-state index contributed by atoms with van der Waals surface area (Å²) in [6, 6.07) is 14.9. The second-order valence-electron chi connectivity index (χ2n) is 8.33. The van der Waals surface area contributed by atoms with Crippen molar-refractivity contribution in [3.63, 3.8) is 0 Å². The molecule has 0 aliphatic carbocycles. The van der Waals surface area contributed by atoms with E-state index in [0.717, 1.165) is 49.4 Å². The lowest BCUT2D eigenvalue weighted by atomic mass is 10.1. The number of nitrogens with zero attached hydrogens (tertiary/aromatic N) is 6. The van der Waals surface area contributed by atoms with Crippen molar-refractivity contribution in [3.05, 3.63) is 71.4 Å². The Labute approximate surface area is 212 Å². The Balaban J connectivity index is 0.00000306. The molecule has 1 aromatic carbocycles. The van der Waals surface area contributed by atoms with E-state index < -0.39 is 0 Å². The Kier molecular flexibility index (Phi) is 9.04. The van der Waals surface area contributed by atoms with Crippen LogP contribution in [0.2, 0.25) is 0 Å². The van der Waals surface area contributed by atoms with Gasteiger partial charge in [0.05, 0.1) is 13.1 Å². The van der Waals surface area contributed by atoms with Crippen LogP contribution in [0.25, 0.3) is 0 Å². The van der Waals surface area contributed by atoms with Crippen molar-refractivity contribution in [2.75, 3.05) is 18.0 Å². The summed E-state index contributed by atoms with van der Waals surface area (Å²) in [4.78, 5) is 11.8. The Morgan fingerprint density at radius 3 is 2.45 bits per heavy atom. The number of halogens is 1. The quantitative estimate of drug-likeness (QED) is 0.274. The molecule has 9 heteroatoms. The SMILES string of the molecule is Cc1ccc(N2CCC(NC(=NCc3ccccc3)NCc3nnc(C)n3C)CC2)nc1.I. The van der Waals surface area contributed by atoms with Gasteiger partial charge < -0.3 is 20.1 Å². The zero-order valence-electron chi connectivity index (χ0n) is 19.5. The zero-order valence-corrected chi connectivity index (χ0v) is 21.9. The predicted molar refractivity (Wildman–Crippen MR) is 143 cm³/mol. The fraction of sp³-hybridized carbons (Fsp3) is 0.417. The predicted octanol–water partition coefficient (Wildman–Crippen LogP) is 3.35. The summed E-state index contributed by atoms with van der Waals surface area (Å²) in [6.07, 6.45) is 4.00. The first-order valence-corrected chi connectivity index (χ1v) is 11.2. The van der Waals surface area contributed by atoms with Gasteiger partial charge in [-0.1, -0.05) is 36.4 Å². The maximum atomic E-state index is 4.84. The van der Waals surface area contributed by atoms with Crippen LogP contribution in [0.3, 0.4) is 0 Å². The Morgan fingerprint density at radius 1 is 1.06 bits per heavy atom. The lowest BCUT2D eigenvalue weighted by Gasteiger charge is -2.34. The summed E-state index contributed by atoms with van der Waals surface area (Å²) < 4.78 is 1.99. The van der Waals surface area contributed by atoms with E-state index in [-0.39, 0.29) is 24.0 Å². The Bertz CT molecular complexity index is 1020. The van der Waals surface area contributed by atoms with Crippen LogP contribution in [0.1, 0.15) is 35.6 Å². The van der Waals surface area contributed by atoms with Crippen molar-refractivity contribution in [2.24, 2.45) is 12.0 Å². The molecule has 1 saturated heterocycles. The lowest BCUT2D eigenvalue weighted by molar-refractivity contribution is 0.458. The summed E-state index contributed by atoms with van der Waals surface area (Å²) in [5.74, 6) is 3.65. The van der Waals surface area contributed by atoms with Crippen molar-refractivity contribution in [1.82, 2.24) is 30.4 Å². The molecular formula is C24H33IN8. The minimum atomic E-state index is 0. The topological polar surface area (TPSA) is 83.3 Å². The van der Waals surface area contributed by atoms with Gasteiger partial charge in [-0.05, 0) is 43.9 Å². The second kappa shape index (κ2) is 12.0. The molecule has 8 nitrogen and oxygen atoms in total. The molecule has 0 saturated carbocycles. The largest absolute Gasteiger partial charge is 0.356 e. The van der Waals surface area contributed by atoms with Crippen LogP contribution in [-0.4, -0.2) is 44.8 Å². The van der Waals surface area contributed by atoms with Gasteiger partial charge in [0.25, 0.3) is 0 Å². The highest BCUT2D eigenvalue weighted by atomic mass is 127. The number of aryl methyl sites for hydroxylation is 2. The van der Waals surface area contributed by atoms with Crippen molar-refractivity contribution in [1.29, 1.82) is 0 Å². The van der Waals surface area contributed by atoms with Crippen molar-refractivity contribution in [2.45, 2.75) is 45.8 Å². The third kappa shape index (κ3) is 6.89. The van der Waals surface area contributed by atoms with Crippen LogP contribution in [0.15, 0.2) is 53.7 Å². The van der Waals surface area contributed by atoms with E-state index in [9.17, 15) is 0 Å². The molecule has 3 aromatic rings. The number of anilines is 1. The summed E-state index contributed by atoms with van der Waals surface area (Å²) in [5.41, 5.74) is 2.37. The molecule has 0 amide bonds. The summed E-state index contributed by atoms with van der Waals surface area (Å²) in [5, 5.41) is 15.5. The van der Waals surface area contributed by atoms with E-state index in [4.69, 9.17) is 4.99 Å². The minimum Gasteiger partial charge on any atom is -0.356 e. The van der Waals surface area contributed by atoms with Gasteiger partial charge >= 0.3 is 0 Å². The van der Waals surface area contributed by atoms with E-state index in [1.165, 1.54) is 11.1 Å². The minimum absolute atomic E-state index is 0. The number of benzene rings is 1. The summed E-state index contributed by atoms with van der Waals surface area (Å²) >= 11 is 0. The van der Waals surface area contributed by atoms with Crippen LogP contribution in [0, 0.1) is 13.8 Å². The Morgan fingerprint density at radius 2 is 1.82 bits per heavy atom. The van der Waals surface area contributed by atoms with E-state index in [0.29, 0.717) is 19.1 Å². The monoisotopic (exact) mass is 560 g/mol. The average molecular weight is 560 g/mol. The smallest absolute Gasteiger partial charge is 0.192 e. The fourth-order valence-corrected chi connectivity index (χ4v) is 3.77. The molecule has 0 unspecified atom stereocenters. The summed E-state index contributed by atoms with van der Waals surface area (Å²) in [7, 11) is 1.98. The fourth-order valence-electron chi connectivity index (χ4n) is 3.77. The molecule has 4 rings (SSSR count). The third-order valence-electron chi connectivity index (χ3n) is 5.91. The van der Waals surface area contributed by atoms with E-state index in [2.05, 4.69) is 61.9 Å². The zero-order chi connectivity index (χ0) is 22.3. The van der Waals surface area contributed by atoms with Crippen LogP contribution >= 0.6 is 24.0 Å². The highest BCUT2D eigenvalue weighted by molar-refractivity contribution is 14.0. The standard InChI is InChI=1S/C24H32N8.HI/c1-18-9-10-22(25-15-18)32-13-11-21(12-14-32)28-24(26-16-20-7-5-4-6-8-20)27-17-23-30-29-19(2)31(23)3;/h4-10,15,21H,11-14,16-17H2,1-3H3,(H2,26,27,28);1H. The molecular weight excluding hydrogens is 527 g/mol. The normalized spacial score (nSPS) is 14.6. The number of aromatic nitrogens is 4. The highest BCUT2D eigenvalue weighted by Gasteiger charge is 2.21. The Hall–Kier alpha value is -2.69.